The summed E-state index contributed by atoms with van der Waals surface area (Å²) in [5.41, 5.74) is 5.05. The van der Waals surface area contributed by atoms with E-state index in [2.05, 4.69) is 25.6 Å². The van der Waals surface area contributed by atoms with Crippen LogP contribution in [0.5, 0.6) is 0 Å². The molecule has 0 N–H and O–H groups in total. The Morgan fingerprint density at radius 2 is 1.43 bits per heavy atom. The number of hydrogen-bond donors (Lipinski definition) is 0. The van der Waals surface area contributed by atoms with Crippen LogP contribution in [-0.4, -0.2) is 9.97 Å². The number of benzene rings is 2. The third-order valence-electron chi connectivity index (χ3n) is 3.65. The van der Waals surface area contributed by atoms with Crippen LogP contribution in [0.2, 0.25) is 0 Å². The SMILES string of the molecule is C=C/C=C\c1nc(-c2ccccc2)nc(-c2ccccc2)c1C. The van der Waals surface area contributed by atoms with Gasteiger partial charge < -0.3 is 0 Å². The molecule has 0 saturated carbocycles. The van der Waals surface area contributed by atoms with Crippen LogP contribution in [0, 0.1) is 6.92 Å². The van der Waals surface area contributed by atoms with E-state index in [1.807, 2.05) is 60.7 Å². The zero-order valence-corrected chi connectivity index (χ0v) is 13.1. The first kappa shape index (κ1) is 14.9. The van der Waals surface area contributed by atoms with E-state index >= 15 is 0 Å². The van der Waals surface area contributed by atoms with Gasteiger partial charge in [-0.3, -0.25) is 0 Å². The van der Waals surface area contributed by atoms with E-state index in [1.165, 1.54) is 0 Å². The average Bonchev–Trinajstić information content (AvgIpc) is 2.62. The van der Waals surface area contributed by atoms with Gasteiger partial charge in [-0.15, -0.1) is 0 Å². The highest BCUT2D eigenvalue weighted by Gasteiger charge is 2.12. The monoisotopic (exact) mass is 298 g/mol. The van der Waals surface area contributed by atoms with Gasteiger partial charge in [0, 0.05) is 16.7 Å². The minimum atomic E-state index is 0.735. The lowest BCUT2D eigenvalue weighted by Crippen LogP contribution is -1.99. The van der Waals surface area contributed by atoms with Crippen molar-refractivity contribution in [2.75, 3.05) is 0 Å². The molecular weight excluding hydrogens is 280 g/mol. The molecule has 3 rings (SSSR count). The summed E-state index contributed by atoms with van der Waals surface area (Å²) in [6, 6.07) is 20.3. The lowest BCUT2D eigenvalue weighted by molar-refractivity contribution is 1.13. The van der Waals surface area contributed by atoms with Crippen molar-refractivity contribution in [3.63, 3.8) is 0 Å². The Kier molecular flexibility index (Phi) is 4.44. The lowest BCUT2D eigenvalue weighted by Gasteiger charge is -2.11. The molecule has 1 aromatic heterocycles. The van der Waals surface area contributed by atoms with E-state index < -0.39 is 0 Å². The molecule has 0 bridgehead atoms. The average molecular weight is 298 g/mol. The van der Waals surface area contributed by atoms with Crippen LogP contribution in [0.1, 0.15) is 11.3 Å². The van der Waals surface area contributed by atoms with E-state index in [9.17, 15) is 0 Å². The number of hydrogen-bond acceptors (Lipinski definition) is 2. The molecule has 0 fully saturated rings. The first-order valence-corrected chi connectivity index (χ1v) is 7.58. The molecule has 0 spiro atoms. The molecule has 0 unspecified atom stereocenters. The van der Waals surface area contributed by atoms with Gasteiger partial charge in [-0.2, -0.15) is 0 Å². The minimum absolute atomic E-state index is 0.735. The maximum Gasteiger partial charge on any atom is 0.160 e. The van der Waals surface area contributed by atoms with Gasteiger partial charge in [0.2, 0.25) is 0 Å². The molecular formula is C21H18N2. The molecule has 2 aromatic carbocycles. The molecule has 112 valence electrons. The van der Waals surface area contributed by atoms with Crippen molar-refractivity contribution >= 4 is 6.08 Å². The van der Waals surface area contributed by atoms with Crippen molar-refractivity contribution in [1.82, 2.24) is 9.97 Å². The Balaban J connectivity index is 2.22. The van der Waals surface area contributed by atoms with Crippen molar-refractivity contribution in [2.45, 2.75) is 6.92 Å². The van der Waals surface area contributed by atoms with E-state index in [1.54, 1.807) is 6.08 Å². The summed E-state index contributed by atoms with van der Waals surface area (Å²) in [6.07, 6.45) is 5.63. The van der Waals surface area contributed by atoms with Gasteiger partial charge in [0.05, 0.1) is 11.4 Å². The fourth-order valence-electron chi connectivity index (χ4n) is 2.45. The number of allylic oxidation sites excluding steroid dienone is 2. The third-order valence-corrected chi connectivity index (χ3v) is 3.65. The number of rotatable bonds is 4. The summed E-state index contributed by atoms with van der Waals surface area (Å²) in [5.74, 6) is 0.735. The van der Waals surface area contributed by atoms with E-state index in [0.717, 1.165) is 33.9 Å². The maximum absolute atomic E-state index is 4.81. The number of nitrogens with zero attached hydrogens (tertiary/aromatic N) is 2. The van der Waals surface area contributed by atoms with Gasteiger partial charge in [0.25, 0.3) is 0 Å². The van der Waals surface area contributed by atoms with Crippen molar-refractivity contribution < 1.29 is 0 Å². The zero-order valence-electron chi connectivity index (χ0n) is 13.1. The standard InChI is InChI=1S/C21H18N2/c1-3-4-15-19-16(2)20(17-11-7-5-8-12-17)23-21(22-19)18-13-9-6-10-14-18/h3-15H,1H2,2H3/b15-4-. The highest BCUT2D eigenvalue weighted by Crippen LogP contribution is 2.27. The molecule has 0 aliphatic heterocycles. The van der Waals surface area contributed by atoms with Crippen LogP contribution in [0.25, 0.3) is 28.7 Å². The summed E-state index contributed by atoms with van der Waals surface area (Å²) in [4.78, 5) is 9.53. The summed E-state index contributed by atoms with van der Waals surface area (Å²) >= 11 is 0. The Labute approximate surface area is 136 Å². The smallest absolute Gasteiger partial charge is 0.160 e. The predicted molar refractivity (Wildman–Crippen MR) is 96.9 cm³/mol. The van der Waals surface area contributed by atoms with Crippen LogP contribution >= 0.6 is 0 Å². The van der Waals surface area contributed by atoms with Gasteiger partial charge in [0.1, 0.15) is 0 Å². The second-order valence-corrected chi connectivity index (χ2v) is 5.23. The first-order valence-electron chi connectivity index (χ1n) is 7.58. The van der Waals surface area contributed by atoms with E-state index in [-0.39, 0.29) is 0 Å². The van der Waals surface area contributed by atoms with Gasteiger partial charge in [-0.1, -0.05) is 79.4 Å². The predicted octanol–water partition coefficient (Wildman–Crippen LogP) is 5.32. The van der Waals surface area contributed by atoms with E-state index in [0.29, 0.717) is 0 Å². The minimum Gasteiger partial charge on any atom is -0.228 e. The normalized spacial score (nSPS) is 10.8. The lowest BCUT2D eigenvalue weighted by atomic mass is 10.0. The highest BCUT2D eigenvalue weighted by atomic mass is 14.9. The molecule has 0 aliphatic carbocycles. The molecule has 3 aromatic rings. The van der Waals surface area contributed by atoms with Crippen LogP contribution in [-0.2, 0) is 0 Å². The molecule has 2 heteroatoms. The van der Waals surface area contributed by atoms with Crippen molar-refractivity contribution in [1.29, 1.82) is 0 Å². The zero-order chi connectivity index (χ0) is 16.1. The second-order valence-electron chi connectivity index (χ2n) is 5.23. The molecule has 1 heterocycles. The Hall–Kier alpha value is -3.00. The summed E-state index contributed by atoms with van der Waals surface area (Å²) in [5, 5.41) is 0. The molecule has 0 amide bonds. The largest absolute Gasteiger partial charge is 0.228 e. The maximum atomic E-state index is 4.81. The van der Waals surface area contributed by atoms with Crippen LogP contribution in [0.3, 0.4) is 0 Å². The van der Waals surface area contributed by atoms with Gasteiger partial charge in [-0.05, 0) is 13.0 Å². The fraction of sp³-hybridized carbons (Fsp3) is 0.0476. The number of aromatic nitrogens is 2. The Morgan fingerprint density at radius 1 is 0.826 bits per heavy atom. The van der Waals surface area contributed by atoms with Crippen molar-refractivity contribution in [3.8, 4) is 22.6 Å². The summed E-state index contributed by atoms with van der Waals surface area (Å²) in [6.45, 7) is 5.79. The molecule has 23 heavy (non-hydrogen) atoms. The second kappa shape index (κ2) is 6.84. The summed E-state index contributed by atoms with van der Waals surface area (Å²) < 4.78 is 0. The molecule has 2 nitrogen and oxygen atoms in total. The Morgan fingerprint density at radius 3 is 2.04 bits per heavy atom. The van der Waals surface area contributed by atoms with Crippen molar-refractivity contribution in [3.05, 3.63) is 90.7 Å². The topological polar surface area (TPSA) is 25.8 Å². The fourth-order valence-corrected chi connectivity index (χ4v) is 2.45. The molecule has 0 radical (unpaired) electrons. The highest BCUT2D eigenvalue weighted by molar-refractivity contribution is 5.71. The van der Waals surface area contributed by atoms with Gasteiger partial charge >= 0.3 is 0 Å². The molecule has 0 aliphatic rings. The third kappa shape index (κ3) is 3.27. The van der Waals surface area contributed by atoms with Crippen LogP contribution < -0.4 is 0 Å². The van der Waals surface area contributed by atoms with E-state index in [4.69, 9.17) is 9.97 Å². The first-order chi connectivity index (χ1) is 11.3. The van der Waals surface area contributed by atoms with Gasteiger partial charge in [-0.25, -0.2) is 9.97 Å². The van der Waals surface area contributed by atoms with Crippen molar-refractivity contribution in [2.24, 2.45) is 0 Å². The quantitative estimate of drug-likeness (QED) is 0.609. The van der Waals surface area contributed by atoms with Crippen LogP contribution in [0.15, 0.2) is 79.4 Å². The van der Waals surface area contributed by atoms with Crippen LogP contribution in [0.4, 0.5) is 0 Å². The summed E-state index contributed by atoms with van der Waals surface area (Å²) in [7, 11) is 0. The molecule has 0 saturated heterocycles. The van der Waals surface area contributed by atoms with Gasteiger partial charge in [0.15, 0.2) is 5.82 Å². The Bertz CT molecular complexity index is 834. The molecule has 0 atom stereocenters.